The molecule has 5 rings (SSSR count). The third kappa shape index (κ3) is 3.93. The molecule has 0 unspecified atom stereocenters. The molecular weight excluding hydrogens is 420 g/mol. The van der Waals surface area contributed by atoms with Crippen LogP contribution in [0.3, 0.4) is 0 Å². The molecular formula is C24H24N6O3. The molecule has 1 saturated carbocycles. The standard InChI is InChI=1S/C24H24N6O3/c25-22-20(24(33)27-15-6-2-1-3-7-15)21-23(29-17-9-5-4-8-16(17)28-21)30(22)26-13-14-10-11-18(31)19(32)12-14/h4-5,8-13,15,31-32H,1-3,6-7,25H2,(H,27,33)/b26-13+. The molecule has 1 fully saturated rings. The second-order valence-electron chi connectivity index (χ2n) is 8.26. The SMILES string of the molecule is Nc1c(C(=O)NC2CCCCC2)c2nc3ccccc3nc2n1/N=C/c1ccc(O)c(O)c1. The lowest BCUT2D eigenvalue weighted by Crippen LogP contribution is -2.36. The summed E-state index contributed by atoms with van der Waals surface area (Å²) in [6.45, 7) is 0. The maximum atomic E-state index is 13.3. The predicted molar refractivity (Wildman–Crippen MR) is 127 cm³/mol. The zero-order valence-electron chi connectivity index (χ0n) is 17.9. The number of nitrogens with zero attached hydrogens (tertiary/aromatic N) is 4. The highest BCUT2D eigenvalue weighted by Crippen LogP contribution is 2.29. The molecule has 0 aliphatic heterocycles. The quantitative estimate of drug-likeness (QED) is 0.281. The van der Waals surface area contributed by atoms with Crippen LogP contribution in [0.5, 0.6) is 11.5 Å². The van der Waals surface area contributed by atoms with Crippen LogP contribution < -0.4 is 11.1 Å². The predicted octanol–water partition coefficient (Wildman–Crippen LogP) is 3.52. The first-order valence-electron chi connectivity index (χ1n) is 10.9. The minimum atomic E-state index is -0.287. The molecule has 2 aromatic heterocycles. The molecule has 33 heavy (non-hydrogen) atoms. The molecule has 1 amide bonds. The van der Waals surface area contributed by atoms with Crippen molar-refractivity contribution >= 4 is 40.1 Å². The largest absolute Gasteiger partial charge is 0.504 e. The number of amides is 1. The van der Waals surface area contributed by atoms with Gasteiger partial charge in [-0.2, -0.15) is 9.78 Å². The van der Waals surface area contributed by atoms with Gasteiger partial charge in [0.25, 0.3) is 5.91 Å². The molecule has 2 aromatic carbocycles. The van der Waals surface area contributed by atoms with Crippen LogP contribution in [-0.2, 0) is 0 Å². The maximum absolute atomic E-state index is 13.3. The first kappa shape index (κ1) is 20.7. The van der Waals surface area contributed by atoms with Gasteiger partial charge in [-0.05, 0) is 48.7 Å². The normalized spacial score (nSPS) is 14.9. The van der Waals surface area contributed by atoms with Crippen LogP contribution in [0.1, 0.15) is 48.0 Å². The number of phenols is 2. The average Bonchev–Trinajstić information content (AvgIpc) is 3.09. The number of hydrogen-bond donors (Lipinski definition) is 4. The zero-order chi connectivity index (χ0) is 22.9. The van der Waals surface area contributed by atoms with Crippen molar-refractivity contribution < 1.29 is 15.0 Å². The van der Waals surface area contributed by atoms with Crippen molar-refractivity contribution in [3.8, 4) is 11.5 Å². The fourth-order valence-electron chi connectivity index (χ4n) is 4.24. The van der Waals surface area contributed by atoms with Crippen LogP contribution in [-0.4, -0.2) is 43.0 Å². The summed E-state index contributed by atoms with van der Waals surface area (Å²) in [5.74, 6) is -0.641. The third-order valence-corrected chi connectivity index (χ3v) is 5.96. The van der Waals surface area contributed by atoms with Gasteiger partial charge >= 0.3 is 0 Å². The number of carbonyl (C=O) groups excluding carboxylic acids is 1. The fourth-order valence-corrected chi connectivity index (χ4v) is 4.24. The summed E-state index contributed by atoms with van der Waals surface area (Å²) in [6.07, 6.45) is 6.73. The number of nitrogen functional groups attached to an aromatic ring is 1. The smallest absolute Gasteiger partial charge is 0.257 e. The highest BCUT2D eigenvalue weighted by atomic mass is 16.3. The number of carbonyl (C=O) groups is 1. The molecule has 0 atom stereocenters. The summed E-state index contributed by atoms with van der Waals surface area (Å²) >= 11 is 0. The molecule has 5 N–H and O–H groups in total. The fraction of sp³-hybridized carbons (Fsp3) is 0.250. The van der Waals surface area contributed by atoms with Gasteiger partial charge in [0.2, 0.25) is 0 Å². The van der Waals surface area contributed by atoms with E-state index in [1.54, 1.807) is 6.07 Å². The molecule has 0 saturated heterocycles. The highest BCUT2D eigenvalue weighted by Gasteiger charge is 2.26. The molecule has 1 aliphatic rings. The minimum Gasteiger partial charge on any atom is -0.504 e. The van der Waals surface area contributed by atoms with Crippen LogP contribution >= 0.6 is 0 Å². The van der Waals surface area contributed by atoms with Gasteiger partial charge in [-0.15, -0.1) is 0 Å². The Morgan fingerprint density at radius 3 is 2.52 bits per heavy atom. The van der Waals surface area contributed by atoms with Crippen molar-refractivity contribution in [2.45, 2.75) is 38.1 Å². The Labute approximate surface area is 189 Å². The Balaban J connectivity index is 1.62. The first-order chi connectivity index (χ1) is 16.0. The van der Waals surface area contributed by atoms with Crippen LogP contribution in [0.25, 0.3) is 22.2 Å². The Hall–Kier alpha value is -4.14. The monoisotopic (exact) mass is 444 g/mol. The van der Waals surface area contributed by atoms with Gasteiger partial charge in [0, 0.05) is 6.04 Å². The third-order valence-electron chi connectivity index (χ3n) is 5.96. The number of rotatable bonds is 4. The molecule has 0 bridgehead atoms. The van der Waals surface area contributed by atoms with Gasteiger partial charge < -0.3 is 21.3 Å². The van der Waals surface area contributed by atoms with E-state index < -0.39 is 0 Å². The Kier molecular flexibility index (Phi) is 5.29. The molecule has 168 valence electrons. The molecule has 9 nitrogen and oxygen atoms in total. The van der Waals surface area contributed by atoms with Gasteiger partial charge in [0.1, 0.15) is 16.9 Å². The number of para-hydroxylation sites is 2. The second kappa shape index (κ2) is 8.42. The van der Waals surface area contributed by atoms with Gasteiger partial charge in [0.15, 0.2) is 17.1 Å². The molecule has 4 aromatic rings. The summed E-state index contributed by atoms with van der Waals surface area (Å²) in [7, 11) is 0. The van der Waals surface area contributed by atoms with E-state index in [9.17, 15) is 15.0 Å². The maximum Gasteiger partial charge on any atom is 0.257 e. The van der Waals surface area contributed by atoms with Crippen LogP contribution in [0.15, 0.2) is 47.6 Å². The molecule has 2 heterocycles. The second-order valence-corrected chi connectivity index (χ2v) is 8.26. The Morgan fingerprint density at radius 1 is 1.06 bits per heavy atom. The van der Waals surface area contributed by atoms with E-state index in [0.717, 1.165) is 25.7 Å². The number of nitrogens with two attached hydrogens (primary N) is 1. The Bertz CT molecular complexity index is 1390. The topological polar surface area (TPSA) is 139 Å². The number of nitrogens with one attached hydrogen (secondary N) is 1. The van der Waals surface area contributed by atoms with E-state index in [1.807, 2.05) is 24.3 Å². The van der Waals surface area contributed by atoms with Crippen LogP contribution in [0.4, 0.5) is 5.82 Å². The summed E-state index contributed by atoms with van der Waals surface area (Å²) in [5, 5.41) is 26.8. The average molecular weight is 444 g/mol. The Morgan fingerprint density at radius 2 is 1.79 bits per heavy atom. The van der Waals surface area contributed by atoms with E-state index in [2.05, 4.69) is 20.4 Å². The van der Waals surface area contributed by atoms with Gasteiger partial charge in [-0.3, -0.25) is 4.79 Å². The number of fused-ring (bicyclic) bond motifs is 2. The van der Waals surface area contributed by atoms with E-state index in [1.165, 1.54) is 29.4 Å². The number of hydrogen-bond acceptors (Lipinski definition) is 7. The van der Waals surface area contributed by atoms with E-state index in [0.29, 0.717) is 27.8 Å². The van der Waals surface area contributed by atoms with Crippen molar-refractivity contribution in [2.75, 3.05) is 5.73 Å². The number of benzene rings is 2. The summed E-state index contributed by atoms with van der Waals surface area (Å²) in [5.41, 5.74) is 9.25. The van der Waals surface area contributed by atoms with Gasteiger partial charge in [0.05, 0.1) is 17.2 Å². The van der Waals surface area contributed by atoms with E-state index in [-0.39, 0.29) is 34.8 Å². The van der Waals surface area contributed by atoms with Crippen molar-refractivity contribution in [1.82, 2.24) is 20.0 Å². The lowest BCUT2D eigenvalue weighted by atomic mass is 9.95. The number of aromatic nitrogens is 3. The summed E-state index contributed by atoms with van der Waals surface area (Å²) in [6, 6.07) is 11.8. The van der Waals surface area contributed by atoms with E-state index in [4.69, 9.17) is 5.73 Å². The lowest BCUT2D eigenvalue weighted by molar-refractivity contribution is 0.0930. The summed E-state index contributed by atoms with van der Waals surface area (Å²) in [4.78, 5) is 22.6. The van der Waals surface area contributed by atoms with Crippen molar-refractivity contribution in [1.29, 1.82) is 0 Å². The molecule has 1 aliphatic carbocycles. The van der Waals surface area contributed by atoms with Crippen molar-refractivity contribution in [3.63, 3.8) is 0 Å². The van der Waals surface area contributed by atoms with Crippen LogP contribution in [0, 0.1) is 0 Å². The first-order valence-corrected chi connectivity index (χ1v) is 10.9. The highest BCUT2D eigenvalue weighted by molar-refractivity contribution is 6.10. The van der Waals surface area contributed by atoms with Crippen molar-refractivity contribution in [3.05, 3.63) is 53.6 Å². The van der Waals surface area contributed by atoms with Gasteiger partial charge in [-0.25, -0.2) is 9.97 Å². The zero-order valence-corrected chi connectivity index (χ0v) is 17.9. The van der Waals surface area contributed by atoms with Crippen molar-refractivity contribution in [2.24, 2.45) is 5.10 Å². The summed E-state index contributed by atoms with van der Waals surface area (Å²) < 4.78 is 1.38. The number of aromatic hydroxyl groups is 2. The molecule has 0 radical (unpaired) electrons. The minimum absolute atomic E-state index is 0.112. The molecule has 0 spiro atoms. The van der Waals surface area contributed by atoms with E-state index >= 15 is 0 Å². The number of phenolic OH excluding ortho intramolecular Hbond substituents is 2. The number of anilines is 1. The lowest BCUT2D eigenvalue weighted by Gasteiger charge is -2.22. The van der Waals surface area contributed by atoms with Gasteiger partial charge in [-0.1, -0.05) is 31.4 Å². The van der Waals surface area contributed by atoms with Crippen LogP contribution in [0.2, 0.25) is 0 Å². The molecule has 9 heteroatoms.